The molecule has 2 aromatic rings. The Morgan fingerprint density at radius 1 is 1.32 bits per heavy atom. The minimum Gasteiger partial charge on any atom is -0.444 e. The van der Waals surface area contributed by atoms with Gasteiger partial charge in [-0.05, 0) is 44.9 Å². The molecule has 2 heterocycles. The van der Waals surface area contributed by atoms with E-state index >= 15 is 0 Å². The zero-order valence-corrected chi connectivity index (χ0v) is 15.8. The number of hydrogen-bond acceptors (Lipinski definition) is 7. The summed E-state index contributed by atoms with van der Waals surface area (Å²) in [6.45, 7) is 5.45. The lowest BCUT2D eigenvalue weighted by molar-refractivity contribution is -0.136. The summed E-state index contributed by atoms with van der Waals surface area (Å²) in [5, 5.41) is 12.9. The van der Waals surface area contributed by atoms with Gasteiger partial charge in [-0.2, -0.15) is 4.68 Å². The minimum absolute atomic E-state index is 0.127. The summed E-state index contributed by atoms with van der Waals surface area (Å²) < 4.78 is 6.17. The molecule has 1 fully saturated rings. The van der Waals surface area contributed by atoms with Gasteiger partial charge in [0, 0.05) is 13.0 Å². The Morgan fingerprint density at radius 3 is 2.75 bits per heavy atom. The van der Waals surface area contributed by atoms with Crippen molar-refractivity contribution >= 4 is 28.8 Å². The van der Waals surface area contributed by atoms with Crippen LogP contribution in [0, 0.1) is 0 Å². The highest BCUT2D eigenvalue weighted by atomic mass is 16.6. The Morgan fingerprint density at radius 2 is 2.07 bits per heavy atom. The number of ether oxygens (including phenoxy) is 1. The summed E-state index contributed by atoms with van der Waals surface area (Å²) in [5.74, 6) is -0.951. The van der Waals surface area contributed by atoms with E-state index in [9.17, 15) is 19.2 Å². The van der Waals surface area contributed by atoms with Gasteiger partial charge < -0.3 is 10.1 Å². The first-order chi connectivity index (χ1) is 13.1. The molecular formula is C18H21N5O5. The van der Waals surface area contributed by atoms with Crippen LogP contribution in [0.3, 0.4) is 0 Å². The van der Waals surface area contributed by atoms with Gasteiger partial charge in [-0.15, -0.1) is 5.10 Å². The van der Waals surface area contributed by atoms with Crippen molar-refractivity contribution in [2.75, 3.05) is 0 Å². The lowest BCUT2D eigenvalue weighted by Crippen LogP contribution is -2.45. The Bertz CT molecular complexity index is 1010. The lowest BCUT2D eigenvalue weighted by atomic mass is 10.1. The van der Waals surface area contributed by atoms with E-state index in [2.05, 4.69) is 20.9 Å². The number of hydrogen-bond donors (Lipinski definition) is 2. The Labute approximate surface area is 160 Å². The highest BCUT2D eigenvalue weighted by Crippen LogP contribution is 2.17. The number of carbonyl (C=O) groups excluding carboxylic acids is 3. The molecular weight excluding hydrogens is 366 g/mol. The number of benzene rings is 1. The molecule has 1 unspecified atom stereocenters. The van der Waals surface area contributed by atoms with Crippen LogP contribution in [-0.4, -0.2) is 38.5 Å². The molecule has 0 bridgehead atoms. The second-order valence-electron chi connectivity index (χ2n) is 7.51. The normalized spacial score (nSPS) is 17.3. The molecule has 10 nitrogen and oxygen atoms in total. The van der Waals surface area contributed by atoms with E-state index in [-0.39, 0.29) is 30.7 Å². The molecule has 148 valence electrons. The first-order valence-corrected chi connectivity index (χ1v) is 8.83. The predicted molar refractivity (Wildman–Crippen MR) is 98.3 cm³/mol. The number of aromatic nitrogens is 3. The van der Waals surface area contributed by atoms with E-state index in [0.29, 0.717) is 11.1 Å². The molecule has 1 aliphatic heterocycles. The quantitative estimate of drug-likeness (QED) is 0.744. The largest absolute Gasteiger partial charge is 0.444 e. The smallest absolute Gasteiger partial charge is 0.407 e. The molecule has 1 aromatic carbocycles. The van der Waals surface area contributed by atoms with Crippen molar-refractivity contribution in [2.24, 2.45) is 0 Å². The summed E-state index contributed by atoms with van der Waals surface area (Å²) in [6.07, 6.45) is -0.256. The van der Waals surface area contributed by atoms with Crippen LogP contribution < -0.4 is 16.2 Å². The molecule has 0 radical (unpaired) electrons. The highest BCUT2D eigenvalue weighted by Gasteiger charge is 2.30. The summed E-state index contributed by atoms with van der Waals surface area (Å²) in [6, 6.07) is 4.03. The van der Waals surface area contributed by atoms with Gasteiger partial charge in [0.05, 0.1) is 5.39 Å². The van der Waals surface area contributed by atoms with Crippen molar-refractivity contribution in [3.05, 3.63) is 34.1 Å². The number of amides is 3. The molecule has 1 saturated heterocycles. The van der Waals surface area contributed by atoms with Crippen molar-refractivity contribution in [1.29, 1.82) is 0 Å². The zero-order chi connectivity index (χ0) is 20.5. The maximum Gasteiger partial charge on any atom is 0.407 e. The molecule has 1 atom stereocenters. The van der Waals surface area contributed by atoms with Crippen LogP contribution in [0.2, 0.25) is 0 Å². The average Bonchev–Trinajstić information content (AvgIpc) is 2.60. The van der Waals surface area contributed by atoms with Crippen molar-refractivity contribution < 1.29 is 19.1 Å². The molecule has 2 N–H and O–H groups in total. The number of imide groups is 1. The van der Waals surface area contributed by atoms with E-state index in [4.69, 9.17) is 4.74 Å². The van der Waals surface area contributed by atoms with Gasteiger partial charge in [0.25, 0.3) is 11.5 Å². The standard InChI is InChI=1S/C18H21N5O5/c1-18(2,3)28-17(27)19-9-10-4-5-12-11(8-10)16(26)23(22-21-12)13-6-7-14(24)20-15(13)25/h4-5,8,13H,6-7,9H2,1-3H3,(H,19,27)(H,20,24,25). The molecule has 10 heteroatoms. The second-order valence-corrected chi connectivity index (χ2v) is 7.51. The van der Waals surface area contributed by atoms with Crippen molar-refractivity contribution in [1.82, 2.24) is 25.6 Å². The fourth-order valence-electron chi connectivity index (χ4n) is 2.82. The third-order valence-electron chi connectivity index (χ3n) is 4.09. The van der Waals surface area contributed by atoms with Crippen molar-refractivity contribution in [2.45, 2.75) is 51.8 Å². The van der Waals surface area contributed by atoms with E-state index < -0.39 is 29.2 Å². The van der Waals surface area contributed by atoms with Crippen LogP contribution in [0.5, 0.6) is 0 Å². The van der Waals surface area contributed by atoms with Gasteiger partial charge in [-0.25, -0.2) is 4.79 Å². The van der Waals surface area contributed by atoms with E-state index in [0.717, 1.165) is 4.68 Å². The lowest BCUT2D eigenvalue weighted by Gasteiger charge is -2.21. The predicted octanol–water partition coefficient (Wildman–Crippen LogP) is 0.794. The number of alkyl carbamates (subject to hydrolysis) is 1. The molecule has 1 aliphatic rings. The average molecular weight is 387 g/mol. The monoisotopic (exact) mass is 387 g/mol. The van der Waals surface area contributed by atoms with Crippen LogP contribution in [0.25, 0.3) is 10.9 Å². The maximum absolute atomic E-state index is 12.8. The van der Waals surface area contributed by atoms with Crippen molar-refractivity contribution in [3.8, 4) is 0 Å². The SMILES string of the molecule is CC(C)(C)OC(=O)NCc1ccc2nnn(C3CCC(=O)NC3=O)c(=O)c2c1. The number of nitrogens with zero attached hydrogens (tertiary/aromatic N) is 3. The minimum atomic E-state index is -0.884. The Kier molecular flexibility index (Phi) is 5.12. The second kappa shape index (κ2) is 7.37. The van der Waals surface area contributed by atoms with E-state index in [1.807, 2.05) is 0 Å². The van der Waals surface area contributed by atoms with E-state index in [1.165, 1.54) is 0 Å². The van der Waals surface area contributed by atoms with E-state index in [1.54, 1.807) is 39.0 Å². The van der Waals surface area contributed by atoms with Crippen LogP contribution in [0.15, 0.2) is 23.0 Å². The summed E-state index contributed by atoms with van der Waals surface area (Å²) in [5.41, 5.74) is -0.0647. The number of nitrogens with one attached hydrogen (secondary N) is 2. The summed E-state index contributed by atoms with van der Waals surface area (Å²) in [4.78, 5) is 47.9. The highest BCUT2D eigenvalue weighted by molar-refractivity contribution is 5.99. The topological polar surface area (TPSA) is 132 Å². The van der Waals surface area contributed by atoms with Gasteiger partial charge in [0.2, 0.25) is 5.91 Å². The van der Waals surface area contributed by atoms with Gasteiger partial charge in [0.15, 0.2) is 0 Å². The van der Waals surface area contributed by atoms with Crippen LogP contribution >= 0.6 is 0 Å². The number of piperidine rings is 1. The molecule has 0 saturated carbocycles. The van der Waals surface area contributed by atoms with Gasteiger partial charge >= 0.3 is 6.09 Å². The van der Waals surface area contributed by atoms with Gasteiger partial charge in [0.1, 0.15) is 17.2 Å². The third kappa shape index (κ3) is 4.33. The van der Waals surface area contributed by atoms with Crippen LogP contribution in [0.4, 0.5) is 4.79 Å². The van der Waals surface area contributed by atoms with Crippen LogP contribution in [0.1, 0.15) is 45.2 Å². The maximum atomic E-state index is 12.8. The molecule has 3 amide bonds. The third-order valence-corrected chi connectivity index (χ3v) is 4.09. The Balaban J connectivity index is 1.84. The van der Waals surface area contributed by atoms with Gasteiger partial charge in [-0.1, -0.05) is 11.3 Å². The molecule has 28 heavy (non-hydrogen) atoms. The molecule has 3 rings (SSSR count). The molecule has 1 aromatic heterocycles. The number of rotatable bonds is 3. The number of carbonyl (C=O) groups is 3. The number of fused-ring (bicyclic) bond motifs is 1. The van der Waals surface area contributed by atoms with Gasteiger partial charge in [-0.3, -0.25) is 19.7 Å². The summed E-state index contributed by atoms with van der Waals surface area (Å²) >= 11 is 0. The first kappa shape index (κ1) is 19.5. The zero-order valence-electron chi connectivity index (χ0n) is 15.8. The summed E-state index contributed by atoms with van der Waals surface area (Å²) in [7, 11) is 0. The Hall–Kier alpha value is -3.30. The fraction of sp³-hybridized carbons (Fsp3) is 0.444. The first-order valence-electron chi connectivity index (χ1n) is 8.83. The van der Waals surface area contributed by atoms with Crippen LogP contribution in [-0.2, 0) is 20.9 Å². The van der Waals surface area contributed by atoms with Crippen molar-refractivity contribution in [3.63, 3.8) is 0 Å². The molecule has 0 spiro atoms. The molecule has 0 aliphatic carbocycles. The fourth-order valence-corrected chi connectivity index (χ4v) is 2.82.